The van der Waals surface area contributed by atoms with Gasteiger partial charge in [-0.1, -0.05) is 6.07 Å². The van der Waals surface area contributed by atoms with Crippen LogP contribution in [0.1, 0.15) is 12.5 Å². The number of aromatic nitrogens is 2. The number of rotatable bonds is 6. The second kappa shape index (κ2) is 7.96. The fourth-order valence-electron chi connectivity index (χ4n) is 2.92. The molecule has 0 aliphatic rings. The molecule has 0 saturated heterocycles. The van der Waals surface area contributed by atoms with Gasteiger partial charge < -0.3 is 14.8 Å². The van der Waals surface area contributed by atoms with E-state index in [2.05, 4.69) is 28.3 Å². The smallest absolute Gasteiger partial charge is 0.219 e. The van der Waals surface area contributed by atoms with Gasteiger partial charge in [0.05, 0.1) is 5.52 Å². The van der Waals surface area contributed by atoms with Gasteiger partial charge in [0.1, 0.15) is 11.5 Å². The number of ether oxygens (including phenoxy) is 2. The number of anilines is 1. The highest BCUT2D eigenvalue weighted by Gasteiger charge is 2.07. The Morgan fingerprint density at radius 2 is 1.82 bits per heavy atom. The summed E-state index contributed by atoms with van der Waals surface area (Å²) in [4.78, 5) is 8.78. The van der Waals surface area contributed by atoms with Gasteiger partial charge >= 0.3 is 0 Å². The zero-order valence-electron chi connectivity index (χ0n) is 15.8. The van der Waals surface area contributed by atoms with Gasteiger partial charge in [-0.2, -0.15) is 0 Å². The Morgan fingerprint density at radius 1 is 0.893 bits per heavy atom. The van der Waals surface area contributed by atoms with E-state index in [0.29, 0.717) is 17.5 Å². The molecular formula is C23H21N3O2. The number of aryl methyl sites for hydroxylation is 1. The quantitative estimate of drug-likeness (QED) is 0.453. The third kappa shape index (κ3) is 4.04. The van der Waals surface area contributed by atoms with Crippen molar-refractivity contribution in [2.24, 2.45) is 0 Å². The second-order valence-electron chi connectivity index (χ2n) is 6.39. The summed E-state index contributed by atoms with van der Waals surface area (Å²) in [5.41, 5.74) is 2.94. The van der Waals surface area contributed by atoms with Crippen molar-refractivity contribution in [3.8, 4) is 23.3 Å². The van der Waals surface area contributed by atoms with Crippen molar-refractivity contribution in [2.45, 2.75) is 13.8 Å². The van der Waals surface area contributed by atoms with Crippen molar-refractivity contribution in [3.05, 3.63) is 78.5 Å². The van der Waals surface area contributed by atoms with Crippen LogP contribution in [0.5, 0.6) is 23.3 Å². The maximum atomic E-state index is 6.00. The van der Waals surface area contributed by atoms with Crippen LogP contribution in [-0.4, -0.2) is 16.5 Å². The van der Waals surface area contributed by atoms with E-state index in [1.165, 1.54) is 0 Å². The number of hydrogen-bond acceptors (Lipinski definition) is 5. The summed E-state index contributed by atoms with van der Waals surface area (Å²) in [7, 11) is 0. The van der Waals surface area contributed by atoms with Crippen LogP contribution in [0.2, 0.25) is 0 Å². The third-order valence-electron chi connectivity index (χ3n) is 4.27. The molecule has 0 amide bonds. The van der Waals surface area contributed by atoms with E-state index in [1.807, 2.05) is 67.6 Å². The maximum Gasteiger partial charge on any atom is 0.219 e. The summed E-state index contributed by atoms with van der Waals surface area (Å²) in [6, 6.07) is 21.2. The summed E-state index contributed by atoms with van der Waals surface area (Å²) in [6.45, 7) is 4.94. The molecule has 2 aromatic heterocycles. The Bertz CT molecular complexity index is 1100. The predicted octanol–water partition coefficient (Wildman–Crippen LogP) is 5.95. The fourth-order valence-corrected chi connectivity index (χ4v) is 2.92. The molecule has 0 spiro atoms. The zero-order valence-corrected chi connectivity index (χ0v) is 15.8. The molecule has 0 saturated carbocycles. The van der Waals surface area contributed by atoms with Gasteiger partial charge in [0.15, 0.2) is 0 Å². The molecule has 0 aliphatic heterocycles. The average molecular weight is 371 g/mol. The van der Waals surface area contributed by atoms with Crippen LogP contribution in [0.15, 0.2) is 72.9 Å². The van der Waals surface area contributed by atoms with Gasteiger partial charge in [0.2, 0.25) is 11.8 Å². The average Bonchev–Trinajstić information content (AvgIpc) is 2.71. The summed E-state index contributed by atoms with van der Waals surface area (Å²) in [5, 5.41) is 4.38. The highest BCUT2D eigenvalue weighted by atomic mass is 16.5. The van der Waals surface area contributed by atoms with Crippen molar-refractivity contribution in [3.63, 3.8) is 0 Å². The first-order valence-electron chi connectivity index (χ1n) is 9.23. The van der Waals surface area contributed by atoms with Crippen LogP contribution >= 0.6 is 0 Å². The minimum Gasteiger partial charge on any atom is -0.439 e. The third-order valence-corrected chi connectivity index (χ3v) is 4.27. The lowest BCUT2D eigenvalue weighted by atomic mass is 10.2. The lowest BCUT2D eigenvalue weighted by Crippen LogP contribution is -1.96. The molecule has 0 radical (unpaired) electrons. The highest BCUT2D eigenvalue weighted by molar-refractivity contribution is 5.82. The molecule has 2 heterocycles. The molecule has 0 bridgehead atoms. The molecule has 4 rings (SSSR count). The van der Waals surface area contributed by atoms with Crippen LogP contribution in [0.25, 0.3) is 10.9 Å². The predicted molar refractivity (Wildman–Crippen MR) is 111 cm³/mol. The van der Waals surface area contributed by atoms with Gasteiger partial charge in [-0.3, -0.25) is 0 Å². The number of fused-ring (bicyclic) bond motifs is 1. The monoisotopic (exact) mass is 371 g/mol. The number of pyridine rings is 2. The van der Waals surface area contributed by atoms with Crippen molar-refractivity contribution in [1.29, 1.82) is 0 Å². The number of nitrogens with one attached hydrogen (secondary N) is 1. The van der Waals surface area contributed by atoms with Gasteiger partial charge in [-0.05, 0) is 67.9 Å². The molecule has 0 aliphatic carbocycles. The topological polar surface area (TPSA) is 56.3 Å². The molecule has 2 aromatic carbocycles. The Hall–Kier alpha value is -3.60. The number of nitrogens with zero attached hydrogens (tertiary/aromatic N) is 2. The van der Waals surface area contributed by atoms with Crippen LogP contribution in [0.4, 0.5) is 5.69 Å². The van der Waals surface area contributed by atoms with Crippen LogP contribution < -0.4 is 14.8 Å². The van der Waals surface area contributed by atoms with Gasteiger partial charge in [-0.25, -0.2) is 9.97 Å². The first-order valence-corrected chi connectivity index (χ1v) is 9.23. The highest BCUT2D eigenvalue weighted by Crippen LogP contribution is 2.30. The van der Waals surface area contributed by atoms with E-state index < -0.39 is 0 Å². The lowest BCUT2D eigenvalue weighted by molar-refractivity contribution is 0.448. The number of benzene rings is 2. The van der Waals surface area contributed by atoms with Gasteiger partial charge in [-0.15, -0.1) is 0 Å². The minimum atomic E-state index is 0.559. The van der Waals surface area contributed by atoms with Gasteiger partial charge in [0.25, 0.3) is 0 Å². The molecule has 0 fully saturated rings. The van der Waals surface area contributed by atoms with Crippen LogP contribution in [-0.2, 0) is 0 Å². The lowest BCUT2D eigenvalue weighted by Gasteiger charge is -2.11. The van der Waals surface area contributed by atoms with E-state index in [4.69, 9.17) is 9.47 Å². The summed E-state index contributed by atoms with van der Waals surface area (Å²) in [6.07, 6.45) is 1.70. The Kier molecular flexibility index (Phi) is 5.06. The Labute approximate surface area is 164 Å². The van der Waals surface area contributed by atoms with Crippen molar-refractivity contribution < 1.29 is 9.47 Å². The second-order valence-corrected chi connectivity index (χ2v) is 6.39. The van der Waals surface area contributed by atoms with Crippen molar-refractivity contribution >= 4 is 16.6 Å². The first kappa shape index (κ1) is 17.8. The summed E-state index contributed by atoms with van der Waals surface area (Å²) in [5.74, 6) is 2.57. The van der Waals surface area contributed by atoms with E-state index >= 15 is 0 Å². The van der Waals surface area contributed by atoms with Crippen molar-refractivity contribution in [2.75, 3.05) is 11.9 Å². The molecule has 1 N–H and O–H groups in total. The SMILES string of the molecule is CCNc1ccc2nc(Oc3ccc(Oc4ccccn4)cc3C)ccc2c1. The molecule has 5 nitrogen and oxygen atoms in total. The molecular weight excluding hydrogens is 350 g/mol. The molecule has 140 valence electrons. The molecule has 4 aromatic rings. The standard InChI is InChI=1S/C23H21N3O2/c1-3-24-18-8-10-20-17(15-18)7-12-23(26-20)28-21-11-9-19(14-16(21)2)27-22-6-4-5-13-25-22/h4-15,24H,3H2,1-2H3. The minimum absolute atomic E-state index is 0.559. The first-order chi connectivity index (χ1) is 13.7. The van der Waals surface area contributed by atoms with Crippen LogP contribution in [0, 0.1) is 6.92 Å². The normalized spacial score (nSPS) is 10.6. The largest absolute Gasteiger partial charge is 0.439 e. The summed E-state index contributed by atoms with van der Waals surface area (Å²) >= 11 is 0. The Morgan fingerprint density at radius 3 is 2.61 bits per heavy atom. The zero-order chi connectivity index (χ0) is 19.3. The molecule has 0 unspecified atom stereocenters. The molecule has 0 atom stereocenters. The molecule has 28 heavy (non-hydrogen) atoms. The Balaban J connectivity index is 1.52. The van der Waals surface area contributed by atoms with Crippen LogP contribution in [0.3, 0.4) is 0 Å². The van der Waals surface area contributed by atoms with E-state index in [9.17, 15) is 0 Å². The van der Waals surface area contributed by atoms with E-state index in [-0.39, 0.29) is 0 Å². The van der Waals surface area contributed by atoms with E-state index in [0.717, 1.165) is 34.4 Å². The summed E-state index contributed by atoms with van der Waals surface area (Å²) < 4.78 is 11.8. The van der Waals surface area contributed by atoms with E-state index in [1.54, 1.807) is 6.20 Å². The molecule has 5 heteroatoms. The number of hydrogen-bond donors (Lipinski definition) is 1. The fraction of sp³-hybridized carbons (Fsp3) is 0.130. The van der Waals surface area contributed by atoms with Gasteiger partial charge in [0, 0.05) is 35.9 Å². The maximum absolute atomic E-state index is 6.00. The van der Waals surface area contributed by atoms with Crippen molar-refractivity contribution in [1.82, 2.24) is 9.97 Å².